The van der Waals surface area contributed by atoms with Crippen molar-refractivity contribution in [2.45, 2.75) is 9.79 Å². The molecule has 4 rings (SSSR count). The maximum Gasteiger partial charge on any atom is 0.208 e. The Labute approximate surface area is 158 Å². The number of nitrogens with zero attached hydrogens (tertiary/aromatic N) is 3. The van der Waals surface area contributed by atoms with Crippen LogP contribution in [0.25, 0.3) is 10.9 Å². The molecule has 0 saturated carbocycles. The fraction of sp³-hybridized carbons (Fsp3) is 0.250. The van der Waals surface area contributed by atoms with Gasteiger partial charge in [-0.15, -0.1) is 0 Å². The second kappa shape index (κ2) is 6.90. The summed E-state index contributed by atoms with van der Waals surface area (Å²) in [7, 11) is -1.64. The molecule has 0 atom stereocenters. The molecule has 0 bridgehead atoms. The molecule has 7 heteroatoms. The summed E-state index contributed by atoms with van der Waals surface area (Å²) in [5.74, 6) is -0.470. The van der Waals surface area contributed by atoms with Gasteiger partial charge in [0.2, 0.25) is 9.84 Å². The van der Waals surface area contributed by atoms with Gasteiger partial charge in [0.25, 0.3) is 0 Å². The Balaban J connectivity index is 1.74. The zero-order valence-corrected chi connectivity index (χ0v) is 15.8. The molecule has 1 fully saturated rings. The van der Waals surface area contributed by atoms with Gasteiger partial charge in [-0.05, 0) is 43.4 Å². The van der Waals surface area contributed by atoms with Crippen LogP contribution in [-0.4, -0.2) is 51.5 Å². The van der Waals surface area contributed by atoms with Gasteiger partial charge in [0.15, 0.2) is 0 Å². The fourth-order valence-electron chi connectivity index (χ4n) is 3.32. The average molecular weight is 385 g/mol. The zero-order chi connectivity index (χ0) is 19.0. The van der Waals surface area contributed by atoms with Gasteiger partial charge in [-0.25, -0.2) is 12.8 Å². The lowest BCUT2D eigenvalue weighted by molar-refractivity contribution is 0.313. The van der Waals surface area contributed by atoms with Crippen LogP contribution in [-0.2, 0) is 9.84 Å². The number of benzene rings is 2. The molecule has 0 unspecified atom stereocenters. The van der Waals surface area contributed by atoms with Crippen LogP contribution in [0.1, 0.15) is 0 Å². The van der Waals surface area contributed by atoms with Crippen molar-refractivity contribution in [3.63, 3.8) is 0 Å². The van der Waals surface area contributed by atoms with Gasteiger partial charge in [-0.1, -0.05) is 12.1 Å². The van der Waals surface area contributed by atoms with Gasteiger partial charge in [0, 0.05) is 37.8 Å². The van der Waals surface area contributed by atoms with E-state index in [0.29, 0.717) is 0 Å². The summed E-state index contributed by atoms with van der Waals surface area (Å²) in [5, 5.41) is 0.773. The lowest BCUT2D eigenvalue weighted by Gasteiger charge is -2.34. The molecule has 0 spiro atoms. The van der Waals surface area contributed by atoms with Gasteiger partial charge in [0.1, 0.15) is 5.82 Å². The molecular formula is C20H20FN3O2S. The molecule has 1 saturated heterocycles. The smallest absolute Gasteiger partial charge is 0.208 e. The van der Waals surface area contributed by atoms with E-state index in [1.54, 1.807) is 6.07 Å². The van der Waals surface area contributed by atoms with Crippen molar-refractivity contribution in [1.82, 2.24) is 9.88 Å². The Morgan fingerprint density at radius 3 is 2.37 bits per heavy atom. The number of hydrogen-bond donors (Lipinski definition) is 0. The number of rotatable bonds is 3. The molecule has 0 N–H and O–H groups in total. The first-order valence-electron chi connectivity index (χ1n) is 8.78. The molecule has 2 aromatic carbocycles. The number of piperazine rings is 1. The molecule has 5 nitrogen and oxygen atoms in total. The van der Waals surface area contributed by atoms with Crippen molar-refractivity contribution in [3.05, 3.63) is 60.5 Å². The normalized spacial score (nSPS) is 16.0. The Morgan fingerprint density at radius 2 is 1.67 bits per heavy atom. The van der Waals surface area contributed by atoms with Crippen molar-refractivity contribution in [2.24, 2.45) is 0 Å². The molecular weight excluding hydrogens is 365 g/mol. The minimum Gasteiger partial charge on any atom is -0.367 e. The van der Waals surface area contributed by atoms with Gasteiger partial charge in [-0.3, -0.25) is 4.98 Å². The van der Waals surface area contributed by atoms with E-state index in [0.717, 1.165) is 54.9 Å². The van der Waals surface area contributed by atoms with Crippen molar-refractivity contribution < 1.29 is 12.8 Å². The number of sulfone groups is 1. The van der Waals surface area contributed by atoms with Crippen LogP contribution in [0.4, 0.5) is 10.1 Å². The Morgan fingerprint density at radius 1 is 0.963 bits per heavy atom. The first-order valence-corrected chi connectivity index (χ1v) is 10.3. The number of para-hydroxylation sites is 1. The second-order valence-corrected chi connectivity index (χ2v) is 8.72. The van der Waals surface area contributed by atoms with E-state index in [2.05, 4.69) is 21.8 Å². The average Bonchev–Trinajstić information content (AvgIpc) is 2.68. The SMILES string of the molecule is CN1CCN(c2cccc3cc(S(=O)(=O)c4ccc(F)cc4)cnc23)CC1. The van der Waals surface area contributed by atoms with Gasteiger partial charge < -0.3 is 9.80 Å². The minimum absolute atomic E-state index is 0.0558. The molecule has 0 aliphatic carbocycles. The van der Waals surface area contributed by atoms with E-state index in [-0.39, 0.29) is 9.79 Å². The number of likely N-dealkylation sites (N-methyl/N-ethyl adjacent to an activating group) is 1. The van der Waals surface area contributed by atoms with Crippen LogP contribution in [0.2, 0.25) is 0 Å². The third-order valence-corrected chi connectivity index (χ3v) is 6.68. The summed E-state index contributed by atoms with van der Waals surface area (Å²) in [4.78, 5) is 9.20. The monoisotopic (exact) mass is 385 g/mol. The van der Waals surface area contributed by atoms with Crippen LogP contribution in [0.15, 0.2) is 64.5 Å². The molecule has 140 valence electrons. The number of aromatic nitrogens is 1. The number of hydrogen-bond acceptors (Lipinski definition) is 5. The third kappa shape index (κ3) is 3.40. The van der Waals surface area contributed by atoms with Gasteiger partial charge in [0.05, 0.1) is 21.0 Å². The van der Waals surface area contributed by atoms with E-state index >= 15 is 0 Å². The third-order valence-electron chi connectivity index (χ3n) is 4.94. The predicted octanol–water partition coefficient (Wildman–Crippen LogP) is 2.96. The minimum atomic E-state index is -3.74. The van der Waals surface area contributed by atoms with Crippen molar-refractivity contribution in [2.75, 3.05) is 38.1 Å². The summed E-state index contributed by atoms with van der Waals surface area (Å²) in [6.07, 6.45) is 1.39. The number of halogens is 1. The van der Waals surface area contributed by atoms with Crippen LogP contribution < -0.4 is 4.90 Å². The highest BCUT2D eigenvalue weighted by Crippen LogP contribution is 2.29. The van der Waals surface area contributed by atoms with E-state index in [4.69, 9.17) is 0 Å². The van der Waals surface area contributed by atoms with E-state index in [1.807, 2.05) is 18.2 Å². The highest BCUT2D eigenvalue weighted by atomic mass is 32.2. The lowest BCUT2D eigenvalue weighted by atomic mass is 10.1. The Bertz CT molecular complexity index is 1080. The van der Waals surface area contributed by atoms with Crippen LogP contribution in [0.3, 0.4) is 0 Å². The molecule has 1 aliphatic rings. The lowest BCUT2D eigenvalue weighted by Crippen LogP contribution is -2.44. The molecule has 1 aliphatic heterocycles. The van der Waals surface area contributed by atoms with Gasteiger partial charge >= 0.3 is 0 Å². The van der Waals surface area contributed by atoms with Crippen LogP contribution >= 0.6 is 0 Å². The Hall–Kier alpha value is -2.51. The van der Waals surface area contributed by atoms with Crippen molar-refractivity contribution >= 4 is 26.4 Å². The topological polar surface area (TPSA) is 53.5 Å². The molecule has 3 aromatic rings. The largest absolute Gasteiger partial charge is 0.367 e. The highest BCUT2D eigenvalue weighted by Gasteiger charge is 2.21. The number of anilines is 1. The maximum atomic E-state index is 13.1. The summed E-state index contributed by atoms with van der Waals surface area (Å²) >= 11 is 0. The quantitative estimate of drug-likeness (QED) is 0.649. The standard InChI is InChI=1S/C20H20FN3O2S/c1-23-9-11-24(12-10-23)19-4-2-3-15-13-18(14-22-20(15)19)27(25,26)17-7-5-16(21)6-8-17/h2-8,13-14H,9-12H2,1H3. The van der Waals surface area contributed by atoms with Crippen molar-refractivity contribution in [3.8, 4) is 0 Å². The summed E-state index contributed by atoms with van der Waals surface area (Å²) < 4.78 is 38.8. The zero-order valence-electron chi connectivity index (χ0n) is 15.0. The molecule has 2 heterocycles. The van der Waals surface area contributed by atoms with Crippen LogP contribution in [0, 0.1) is 5.82 Å². The second-order valence-electron chi connectivity index (χ2n) is 6.77. The molecule has 0 amide bonds. The predicted molar refractivity (Wildman–Crippen MR) is 103 cm³/mol. The van der Waals surface area contributed by atoms with E-state index in [1.165, 1.54) is 18.3 Å². The number of fused-ring (bicyclic) bond motifs is 1. The highest BCUT2D eigenvalue weighted by molar-refractivity contribution is 7.91. The Kier molecular flexibility index (Phi) is 4.57. The first-order chi connectivity index (χ1) is 12.9. The molecule has 1 aromatic heterocycles. The maximum absolute atomic E-state index is 13.1. The first kappa shape index (κ1) is 17.9. The summed E-state index contributed by atoms with van der Waals surface area (Å²) in [6, 6.07) is 12.3. The molecule has 0 radical (unpaired) electrons. The van der Waals surface area contributed by atoms with Crippen molar-refractivity contribution in [1.29, 1.82) is 0 Å². The van der Waals surface area contributed by atoms with Gasteiger partial charge in [-0.2, -0.15) is 0 Å². The number of pyridine rings is 1. The van der Waals surface area contributed by atoms with Crippen LogP contribution in [0.5, 0.6) is 0 Å². The van der Waals surface area contributed by atoms with E-state index in [9.17, 15) is 12.8 Å². The van der Waals surface area contributed by atoms with E-state index < -0.39 is 15.7 Å². The molecule has 27 heavy (non-hydrogen) atoms. The fourth-order valence-corrected chi connectivity index (χ4v) is 4.56. The summed E-state index contributed by atoms with van der Waals surface area (Å²) in [5.41, 5.74) is 1.81. The summed E-state index contributed by atoms with van der Waals surface area (Å²) in [6.45, 7) is 3.78.